The summed E-state index contributed by atoms with van der Waals surface area (Å²) in [6.45, 7) is 2.28. The van der Waals surface area contributed by atoms with Gasteiger partial charge >= 0.3 is 0 Å². The van der Waals surface area contributed by atoms with E-state index in [1.807, 2.05) is 6.92 Å². The first-order valence-corrected chi connectivity index (χ1v) is 6.17. The lowest BCUT2D eigenvalue weighted by atomic mass is 10.2. The van der Waals surface area contributed by atoms with E-state index in [-0.39, 0.29) is 12.7 Å². The predicted molar refractivity (Wildman–Crippen MR) is 69.0 cm³/mol. The van der Waals surface area contributed by atoms with Gasteiger partial charge in [0.05, 0.1) is 0 Å². The summed E-state index contributed by atoms with van der Waals surface area (Å²) in [5, 5.41) is 2.95. The van der Waals surface area contributed by atoms with Crippen molar-refractivity contribution < 1.29 is 22.3 Å². The lowest BCUT2D eigenvalue weighted by molar-refractivity contribution is 0.261. The van der Waals surface area contributed by atoms with Gasteiger partial charge in [0.2, 0.25) is 11.6 Å². The van der Waals surface area contributed by atoms with E-state index in [0.29, 0.717) is 17.9 Å². The highest BCUT2D eigenvalue weighted by Crippen LogP contribution is 2.27. The number of anilines is 1. The second-order valence-electron chi connectivity index (χ2n) is 4.17. The first kappa shape index (κ1) is 15.1. The normalized spacial score (nSPS) is 10.5. The van der Waals surface area contributed by atoms with Gasteiger partial charge in [-0.05, 0) is 24.6 Å². The molecule has 21 heavy (non-hydrogen) atoms. The highest BCUT2D eigenvalue weighted by molar-refractivity contribution is 5.37. The zero-order chi connectivity index (χ0) is 15.4. The van der Waals surface area contributed by atoms with Crippen LogP contribution in [0.3, 0.4) is 0 Å². The minimum atomic E-state index is -1.56. The molecule has 1 aromatic carbocycles. The molecule has 1 aromatic heterocycles. The maximum atomic E-state index is 13.4. The first-order valence-electron chi connectivity index (χ1n) is 6.17. The fourth-order valence-electron chi connectivity index (χ4n) is 1.68. The lowest BCUT2D eigenvalue weighted by Gasteiger charge is -2.10. The van der Waals surface area contributed by atoms with E-state index in [1.165, 1.54) is 6.20 Å². The van der Waals surface area contributed by atoms with Gasteiger partial charge in [0, 0.05) is 18.8 Å². The predicted octanol–water partition coefficient (Wildman–Crippen LogP) is 3.65. The van der Waals surface area contributed by atoms with Crippen molar-refractivity contribution in [1.29, 1.82) is 0 Å². The van der Waals surface area contributed by atoms with Gasteiger partial charge in [0.25, 0.3) is 0 Å². The Bertz CT molecular complexity index is 623. The van der Waals surface area contributed by atoms with E-state index in [2.05, 4.69) is 10.3 Å². The number of aromatic nitrogens is 1. The number of nitrogens with one attached hydrogen (secondary N) is 1. The van der Waals surface area contributed by atoms with Gasteiger partial charge in [-0.25, -0.2) is 13.8 Å². The Hall–Kier alpha value is -2.31. The average molecular weight is 300 g/mol. The van der Waals surface area contributed by atoms with Crippen LogP contribution in [0.25, 0.3) is 0 Å². The highest BCUT2D eigenvalue weighted by atomic mass is 19.2. The Labute approximate surface area is 118 Å². The summed E-state index contributed by atoms with van der Waals surface area (Å²) in [6.07, 6.45) is 1.48. The molecule has 0 saturated heterocycles. The average Bonchev–Trinajstić information content (AvgIpc) is 2.46. The third kappa shape index (κ3) is 3.42. The lowest BCUT2D eigenvalue weighted by Crippen LogP contribution is -2.05. The minimum Gasteiger partial charge on any atom is -0.483 e. The summed E-state index contributed by atoms with van der Waals surface area (Å²) in [5.74, 6) is -6.65. The van der Waals surface area contributed by atoms with Gasteiger partial charge in [-0.3, -0.25) is 0 Å². The number of hydrogen-bond acceptors (Lipinski definition) is 3. The van der Waals surface area contributed by atoms with Crippen molar-refractivity contribution in [3.8, 4) is 5.75 Å². The monoisotopic (exact) mass is 300 g/mol. The van der Waals surface area contributed by atoms with Crippen LogP contribution in [-0.2, 0) is 6.61 Å². The van der Waals surface area contributed by atoms with Crippen molar-refractivity contribution in [1.82, 2.24) is 4.98 Å². The molecule has 2 aromatic rings. The third-order valence-electron chi connectivity index (χ3n) is 2.64. The van der Waals surface area contributed by atoms with E-state index >= 15 is 0 Å². The molecule has 112 valence electrons. The molecule has 3 nitrogen and oxygen atoms in total. The minimum absolute atomic E-state index is 0.132. The van der Waals surface area contributed by atoms with E-state index in [1.54, 1.807) is 12.1 Å². The first-order chi connectivity index (χ1) is 10.0. The molecule has 0 aliphatic heterocycles. The second kappa shape index (κ2) is 6.43. The molecule has 0 fully saturated rings. The van der Waals surface area contributed by atoms with Crippen LogP contribution in [0.15, 0.2) is 24.4 Å². The largest absolute Gasteiger partial charge is 0.483 e. The van der Waals surface area contributed by atoms with Gasteiger partial charge in [0.1, 0.15) is 12.4 Å². The number of ether oxygens (including phenoxy) is 1. The van der Waals surface area contributed by atoms with E-state index in [9.17, 15) is 17.6 Å². The van der Waals surface area contributed by atoms with Crippen LogP contribution in [0.1, 0.15) is 12.5 Å². The molecule has 1 heterocycles. The summed E-state index contributed by atoms with van der Waals surface area (Å²) < 4.78 is 57.7. The van der Waals surface area contributed by atoms with E-state index in [4.69, 9.17) is 4.74 Å². The van der Waals surface area contributed by atoms with Crippen molar-refractivity contribution in [3.63, 3.8) is 0 Å². The fourth-order valence-corrected chi connectivity index (χ4v) is 1.68. The maximum absolute atomic E-state index is 13.4. The molecule has 0 radical (unpaired) electrons. The molecule has 1 N–H and O–H groups in total. The SMILES string of the molecule is CCNc1cc(COc2c(F)c(F)cc(F)c2F)ccn1. The smallest absolute Gasteiger partial charge is 0.203 e. The number of rotatable bonds is 5. The Kier molecular flexibility index (Phi) is 4.62. The Morgan fingerprint density at radius 3 is 2.38 bits per heavy atom. The van der Waals surface area contributed by atoms with Crippen molar-refractivity contribution in [2.75, 3.05) is 11.9 Å². The number of halogens is 4. The summed E-state index contributed by atoms with van der Waals surface area (Å²) in [6, 6.07) is 3.30. The molecule has 0 aliphatic rings. The summed E-state index contributed by atoms with van der Waals surface area (Å²) in [4.78, 5) is 4.01. The molecule has 0 amide bonds. The molecular formula is C14H12F4N2O. The number of pyridine rings is 1. The fraction of sp³-hybridized carbons (Fsp3) is 0.214. The van der Waals surface area contributed by atoms with E-state index < -0.39 is 29.0 Å². The van der Waals surface area contributed by atoms with E-state index in [0.717, 1.165) is 0 Å². The van der Waals surface area contributed by atoms with Crippen LogP contribution in [0.5, 0.6) is 5.75 Å². The summed E-state index contributed by atoms with van der Waals surface area (Å²) in [7, 11) is 0. The van der Waals surface area contributed by atoms with Crippen LogP contribution >= 0.6 is 0 Å². The second-order valence-corrected chi connectivity index (χ2v) is 4.17. The van der Waals surface area contributed by atoms with Crippen molar-refractivity contribution in [2.45, 2.75) is 13.5 Å². The molecule has 0 atom stereocenters. The molecule has 0 spiro atoms. The van der Waals surface area contributed by atoms with Crippen LogP contribution in [0, 0.1) is 23.3 Å². The molecule has 0 aliphatic carbocycles. The zero-order valence-electron chi connectivity index (χ0n) is 11.1. The molecule has 0 saturated carbocycles. The number of nitrogens with zero attached hydrogens (tertiary/aromatic N) is 1. The molecule has 2 rings (SSSR count). The van der Waals surface area contributed by atoms with Gasteiger partial charge < -0.3 is 10.1 Å². The standard InChI is InChI=1S/C14H12F4N2O/c1-2-19-11-5-8(3-4-20-11)7-21-14-12(17)9(15)6-10(16)13(14)18/h3-6H,2,7H2,1H3,(H,19,20). The van der Waals surface area contributed by atoms with Gasteiger partial charge in [-0.2, -0.15) is 8.78 Å². The van der Waals surface area contributed by atoms with Crippen LogP contribution in [0.4, 0.5) is 23.4 Å². The third-order valence-corrected chi connectivity index (χ3v) is 2.64. The van der Waals surface area contributed by atoms with Gasteiger partial charge in [-0.1, -0.05) is 0 Å². The Morgan fingerprint density at radius 2 is 1.76 bits per heavy atom. The summed E-state index contributed by atoms with van der Waals surface area (Å²) >= 11 is 0. The maximum Gasteiger partial charge on any atom is 0.203 e. The van der Waals surface area contributed by atoms with Gasteiger partial charge in [0.15, 0.2) is 17.4 Å². The van der Waals surface area contributed by atoms with Crippen LogP contribution in [0.2, 0.25) is 0 Å². The zero-order valence-corrected chi connectivity index (χ0v) is 11.1. The number of hydrogen-bond donors (Lipinski definition) is 1. The van der Waals surface area contributed by atoms with Crippen molar-refractivity contribution in [2.24, 2.45) is 0 Å². The molecule has 7 heteroatoms. The van der Waals surface area contributed by atoms with Crippen LogP contribution < -0.4 is 10.1 Å². The molecule has 0 bridgehead atoms. The van der Waals surface area contributed by atoms with Crippen molar-refractivity contribution in [3.05, 3.63) is 53.2 Å². The van der Waals surface area contributed by atoms with Crippen LogP contribution in [-0.4, -0.2) is 11.5 Å². The number of benzene rings is 1. The topological polar surface area (TPSA) is 34.1 Å². The molecular weight excluding hydrogens is 288 g/mol. The van der Waals surface area contributed by atoms with Crippen molar-refractivity contribution >= 4 is 5.82 Å². The Morgan fingerprint density at radius 1 is 1.10 bits per heavy atom. The summed E-state index contributed by atoms with van der Waals surface area (Å²) in [5.41, 5.74) is 0.546. The Balaban J connectivity index is 2.18. The quantitative estimate of drug-likeness (QED) is 0.676. The van der Waals surface area contributed by atoms with Gasteiger partial charge in [-0.15, -0.1) is 0 Å². The highest BCUT2D eigenvalue weighted by Gasteiger charge is 2.20. The molecule has 0 unspecified atom stereocenters.